The largest absolute Gasteiger partial charge is 0.481 e. The van der Waals surface area contributed by atoms with Crippen LogP contribution in [-0.2, 0) is 25.7 Å². The summed E-state index contributed by atoms with van der Waals surface area (Å²) >= 11 is 1.64. The molecule has 0 aliphatic carbocycles. The minimum atomic E-state index is -0.784. The van der Waals surface area contributed by atoms with Crippen molar-refractivity contribution in [2.75, 3.05) is 23.4 Å². The SMILES string of the molecule is O=C(O)CCCCCCC(=O)Nc1ccc(C2OC(CSCCO)CC(c3ccc(CO)cc3)O2)cc1. The molecule has 3 rings (SSSR count). The Morgan fingerprint density at radius 2 is 1.57 bits per heavy atom. The summed E-state index contributed by atoms with van der Waals surface area (Å²) in [6, 6.07) is 15.2. The molecule has 202 valence electrons. The second-order valence-corrected chi connectivity index (χ2v) is 10.3. The van der Waals surface area contributed by atoms with Gasteiger partial charge in [-0.15, -0.1) is 0 Å². The summed E-state index contributed by atoms with van der Waals surface area (Å²) in [5, 5.41) is 30.1. The van der Waals surface area contributed by atoms with Crippen LogP contribution in [-0.4, -0.2) is 51.4 Å². The highest BCUT2D eigenvalue weighted by molar-refractivity contribution is 7.99. The summed E-state index contributed by atoms with van der Waals surface area (Å²) in [6.07, 6.45) is 3.49. The molecule has 0 radical (unpaired) electrons. The Balaban J connectivity index is 1.56. The van der Waals surface area contributed by atoms with E-state index in [9.17, 15) is 14.7 Å². The first kappa shape index (κ1) is 29.1. The number of amides is 1. The lowest BCUT2D eigenvalue weighted by molar-refractivity contribution is -0.245. The third kappa shape index (κ3) is 10.1. The predicted molar refractivity (Wildman–Crippen MR) is 143 cm³/mol. The Morgan fingerprint density at radius 3 is 2.22 bits per heavy atom. The highest BCUT2D eigenvalue weighted by Crippen LogP contribution is 2.39. The zero-order valence-electron chi connectivity index (χ0n) is 21.0. The van der Waals surface area contributed by atoms with Gasteiger partial charge in [0.25, 0.3) is 0 Å². The minimum absolute atomic E-state index is 0.00631. The number of nitrogens with one attached hydrogen (secondary N) is 1. The van der Waals surface area contributed by atoms with Crippen LogP contribution in [0, 0.1) is 0 Å². The van der Waals surface area contributed by atoms with E-state index in [-0.39, 0.29) is 37.7 Å². The number of aliphatic hydroxyl groups is 2. The van der Waals surface area contributed by atoms with Gasteiger partial charge in [-0.1, -0.05) is 49.2 Å². The van der Waals surface area contributed by atoms with Gasteiger partial charge in [-0.05, 0) is 36.1 Å². The molecule has 0 spiro atoms. The fraction of sp³-hybridized carbons (Fsp3) is 0.500. The van der Waals surface area contributed by atoms with E-state index >= 15 is 0 Å². The van der Waals surface area contributed by atoms with Gasteiger partial charge in [0.1, 0.15) is 0 Å². The van der Waals surface area contributed by atoms with Crippen LogP contribution in [0.15, 0.2) is 48.5 Å². The van der Waals surface area contributed by atoms with Crippen LogP contribution in [0.3, 0.4) is 0 Å². The number of aliphatic carboxylic acids is 1. The highest BCUT2D eigenvalue weighted by Gasteiger charge is 2.32. The van der Waals surface area contributed by atoms with Gasteiger partial charge in [-0.2, -0.15) is 11.8 Å². The molecule has 1 aliphatic rings. The molecule has 0 bridgehead atoms. The smallest absolute Gasteiger partial charge is 0.303 e. The third-order valence-electron chi connectivity index (χ3n) is 6.17. The van der Waals surface area contributed by atoms with E-state index in [0.29, 0.717) is 30.7 Å². The van der Waals surface area contributed by atoms with E-state index in [1.54, 1.807) is 11.8 Å². The van der Waals surface area contributed by atoms with Gasteiger partial charge in [0, 0.05) is 42.0 Å². The zero-order chi connectivity index (χ0) is 26.5. The maximum Gasteiger partial charge on any atom is 0.303 e. The second kappa shape index (κ2) is 15.7. The van der Waals surface area contributed by atoms with Gasteiger partial charge in [0.15, 0.2) is 6.29 Å². The molecule has 0 aromatic heterocycles. The number of carbonyl (C=O) groups excluding carboxylic acids is 1. The lowest BCUT2D eigenvalue weighted by Gasteiger charge is -2.36. The van der Waals surface area contributed by atoms with Gasteiger partial charge in [-0.3, -0.25) is 9.59 Å². The minimum Gasteiger partial charge on any atom is -0.481 e. The number of carboxylic acids is 1. The van der Waals surface area contributed by atoms with Gasteiger partial charge in [0.2, 0.25) is 5.91 Å². The molecule has 3 atom stereocenters. The lowest BCUT2D eigenvalue weighted by atomic mass is 10.0. The number of hydrogen-bond donors (Lipinski definition) is 4. The third-order valence-corrected chi connectivity index (χ3v) is 7.24. The number of ether oxygens (including phenoxy) is 2. The molecule has 1 heterocycles. The van der Waals surface area contributed by atoms with E-state index < -0.39 is 12.3 Å². The molecule has 1 aliphatic heterocycles. The molecule has 9 heteroatoms. The van der Waals surface area contributed by atoms with Crippen molar-refractivity contribution in [2.24, 2.45) is 0 Å². The second-order valence-electron chi connectivity index (χ2n) is 9.13. The number of anilines is 1. The fourth-order valence-corrected chi connectivity index (χ4v) is 4.94. The van der Waals surface area contributed by atoms with E-state index in [1.807, 2.05) is 48.5 Å². The number of carboxylic acid groups (broad SMARTS) is 1. The van der Waals surface area contributed by atoms with Crippen LogP contribution in [0.4, 0.5) is 5.69 Å². The number of hydrogen-bond acceptors (Lipinski definition) is 7. The molecule has 37 heavy (non-hydrogen) atoms. The molecule has 3 unspecified atom stereocenters. The van der Waals surface area contributed by atoms with Crippen molar-refractivity contribution in [3.8, 4) is 0 Å². The number of rotatable bonds is 15. The summed E-state index contributed by atoms with van der Waals surface area (Å²) in [5.41, 5.74) is 3.42. The molecule has 2 aromatic carbocycles. The van der Waals surface area contributed by atoms with Crippen LogP contribution in [0.1, 0.15) is 74.0 Å². The monoisotopic (exact) mass is 531 g/mol. The average Bonchev–Trinajstić information content (AvgIpc) is 2.91. The Kier molecular flexibility index (Phi) is 12.4. The van der Waals surface area contributed by atoms with Crippen molar-refractivity contribution in [1.82, 2.24) is 0 Å². The zero-order valence-corrected chi connectivity index (χ0v) is 21.8. The topological polar surface area (TPSA) is 125 Å². The van der Waals surface area contributed by atoms with Gasteiger partial charge >= 0.3 is 5.97 Å². The van der Waals surface area contributed by atoms with Crippen molar-refractivity contribution in [3.63, 3.8) is 0 Å². The fourth-order valence-electron chi connectivity index (χ4n) is 4.16. The Hall–Kier alpha value is -2.43. The summed E-state index contributed by atoms with van der Waals surface area (Å²) in [7, 11) is 0. The number of thioether (sulfide) groups is 1. The van der Waals surface area contributed by atoms with Crippen LogP contribution in [0.2, 0.25) is 0 Å². The van der Waals surface area contributed by atoms with E-state index in [4.69, 9.17) is 19.7 Å². The molecular formula is C28H37NO7S. The number of aliphatic hydroxyl groups excluding tert-OH is 2. The summed E-state index contributed by atoms with van der Waals surface area (Å²) in [5.74, 6) is 0.547. The average molecular weight is 532 g/mol. The molecule has 1 amide bonds. The molecule has 0 saturated carbocycles. The van der Waals surface area contributed by atoms with Crippen LogP contribution in [0.5, 0.6) is 0 Å². The maximum atomic E-state index is 12.3. The van der Waals surface area contributed by atoms with Crippen molar-refractivity contribution in [1.29, 1.82) is 0 Å². The Bertz CT molecular complexity index is 968. The van der Waals surface area contributed by atoms with E-state index in [1.165, 1.54) is 0 Å². The van der Waals surface area contributed by atoms with Crippen LogP contribution >= 0.6 is 11.8 Å². The Labute approximate surface area is 222 Å². The quantitative estimate of drug-likeness (QED) is 0.241. The molecule has 2 aromatic rings. The van der Waals surface area contributed by atoms with E-state index in [0.717, 1.165) is 41.7 Å². The summed E-state index contributed by atoms with van der Waals surface area (Å²) in [4.78, 5) is 22.8. The first-order valence-corrected chi connectivity index (χ1v) is 13.9. The van der Waals surface area contributed by atoms with Gasteiger partial charge in [-0.25, -0.2) is 0 Å². The standard InChI is InChI=1S/C28H37NO7S/c30-15-16-37-19-24-17-25(21-9-7-20(18-31)8-10-21)36-28(35-24)22-11-13-23(14-12-22)29-26(32)5-3-1-2-4-6-27(33)34/h7-14,24-25,28,30-31H,1-6,15-19H2,(H,29,32)(H,33,34). The van der Waals surface area contributed by atoms with Crippen molar-refractivity contribution in [2.45, 2.75) is 70.1 Å². The van der Waals surface area contributed by atoms with Crippen LogP contribution < -0.4 is 5.32 Å². The van der Waals surface area contributed by atoms with Crippen molar-refractivity contribution < 1.29 is 34.4 Å². The van der Waals surface area contributed by atoms with Gasteiger partial charge < -0.3 is 30.1 Å². The van der Waals surface area contributed by atoms with Crippen molar-refractivity contribution in [3.05, 3.63) is 65.2 Å². The normalized spacial score (nSPS) is 19.5. The molecule has 8 nitrogen and oxygen atoms in total. The molecule has 4 N–H and O–H groups in total. The van der Waals surface area contributed by atoms with Crippen molar-refractivity contribution >= 4 is 29.3 Å². The Morgan fingerprint density at radius 1 is 0.892 bits per heavy atom. The first-order valence-electron chi connectivity index (χ1n) is 12.8. The van der Waals surface area contributed by atoms with Gasteiger partial charge in [0.05, 0.1) is 25.4 Å². The molecular weight excluding hydrogens is 494 g/mol. The van der Waals surface area contributed by atoms with Crippen LogP contribution in [0.25, 0.3) is 0 Å². The first-order chi connectivity index (χ1) is 18.0. The predicted octanol–water partition coefficient (Wildman–Crippen LogP) is 4.81. The number of carbonyl (C=O) groups is 2. The highest BCUT2D eigenvalue weighted by atomic mass is 32.2. The summed E-state index contributed by atoms with van der Waals surface area (Å²) < 4.78 is 12.6. The number of unbranched alkanes of at least 4 members (excludes halogenated alkanes) is 3. The van der Waals surface area contributed by atoms with E-state index in [2.05, 4.69) is 5.32 Å². The molecule has 1 saturated heterocycles. The molecule has 1 fully saturated rings. The summed E-state index contributed by atoms with van der Waals surface area (Å²) in [6.45, 7) is 0.120. The maximum absolute atomic E-state index is 12.3. The number of benzene rings is 2. The lowest BCUT2D eigenvalue weighted by Crippen LogP contribution is -2.31.